The van der Waals surface area contributed by atoms with Crippen LogP contribution in [0.5, 0.6) is 0 Å². The summed E-state index contributed by atoms with van der Waals surface area (Å²) in [4.78, 5) is 81.4. The first-order chi connectivity index (χ1) is 51.2. The minimum atomic E-state index is -0.348. The van der Waals surface area contributed by atoms with Crippen molar-refractivity contribution in [1.82, 2.24) is 0 Å². The Hall–Kier alpha value is -5.53. The monoisotopic (exact) mass is 1610 g/mol. The molecule has 16 fully saturated rings. The quantitative estimate of drug-likeness (QED) is 0.0676. The SMILES string of the molecule is C.C.C.C.C.C.C=C(C)C(=O)OC(C)(C)C12CC3CC(CC(C3)C1)C2.C=C(C)C(=O)OC1(C)C2CC3CC(C2)CC1C3.C=C(C)C(=O)OC1(C)CCCC1.C=C(C)C(=O)OC1(CC)C2CC3CC(C2)CC1C3.C=C(C)C(=O)OC1(CC)CCCC1.C=C(C)C(=O)OC1(CC)CCCCC1.C=C(C)C(=O)OC1(CC)CCCCCCC1. The molecule has 14 heteroatoms. The van der Waals surface area contributed by atoms with Gasteiger partial charge in [0.25, 0.3) is 0 Å². The third-order valence-electron chi connectivity index (χ3n) is 28.9. The van der Waals surface area contributed by atoms with Crippen LogP contribution in [0.15, 0.2) is 85.1 Å². The molecule has 0 unspecified atom stereocenters. The van der Waals surface area contributed by atoms with Crippen LogP contribution in [-0.4, -0.2) is 81.0 Å². The van der Waals surface area contributed by atoms with Gasteiger partial charge in [-0.2, -0.15) is 0 Å². The zero-order chi connectivity index (χ0) is 80.7. The largest absolute Gasteiger partial charge is 0.456 e. The summed E-state index contributed by atoms with van der Waals surface area (Å²) in [6.07, 6.45) is 47.5. The second kappa shape index (κ2) is 46.3. The smallest absolute Gasteiger partial charge is 0.333 e. The first-order valence-electron chi connectivity index (χ1n) is 43.4. The van der Waals surface area contributed by atoms with Crippen LogP contribution in [-0.2, 0) is 66.7 Å². The van der Waals surface area contributed by atoms with Gasteiger partial charge in [0.05, 0.1) is 0 Å². The third kappa shape index (κ3) is 28.0. The summed E-state index contributed by atoms with van der Waals surface area (Å²) >= 11 is 0. The highest BCUT2D eigenvalue weighted by atomic mass is 16.6. The van der Waals surface area contributed by atoms with Gasteiger partial charge in [-0.1, -0.05) is 144 Å². The van der Waals surface area contributed by atoms with Crippen molar-refractivity contribution in [2.24, 2.45) is 70.5 Å². The molecule has 0 N–H and O–H groups in total. The molecule has 16 saturated carbocycles. The Morgan fingerprint density at radius 3 is 0.817 bits per heavy atom. The Morgan fingerprint density at radius 1 is 0.296 bits per heavy atom. The Balaban J connectivity index is 0.000000669. The number of ether oxygens (including phenoxy) is 7. The average Bonchev–Trinajstić information content (AvgIpc) is 1.03. The van der Waals surface area contributed by atoms with E-state index in [0.29, 0.717) is 62.7 Å². The predicted molar refractivity (Wildman–Crippen MR) is 477 cm³/mol. The van der Waals surface area contributed by atoms with Crippen LogP contribution in [0.2, 0.25) is 0 Å². The van der Waals surface area contributed by atoms with E-state index in [2.05, 4.69) is 94.5 Å². The van der Waals surface area contributed by atoms with Crippen molar-refractivity contribution in [2.45, 2.75) is 444 Å². The van der Waals surface area contributed by atoms with E-state index >= 15 is 0 Å². The van der Waals surface area contributed by atoms with E-state index in [9.17, 15) is 33.6 Å². The van der Waals surface area contributed by atoms with Gasteiger partial charge in [0.2, 0.25) is 0 Å². The van der Waals surface area contributed by atoms with Gasteiger partial charge in [0.1, 0.15) is 39.2 Å². The highest BCUT2D eigenvalue weighted by molar-refractivity contribution is 5.90. The maximum absolute atomic E-state index is 12.0. The van der Waals surface area contributed by atoms with Crippen LogP contribution in [0.1, 0.15) is 405 Å². The topological polar surface area (TPSA) is 184 Å². The summed E-state index contributed by atoms with van der Waals surface area (Å²) in [5.41, 5.74) is 2.31. The molecule has 115 heavy (non-hydrogen) atoms. The van der Waals surface area contributed by atoms with Gasteiger partial charge in [-0.25, -0.2) is 33.6 Å². The molecule has 0 aromatic rings. The fourth-order valence-electron chi connectivity index (χ4n) is 22.6. The predicted octanol–water partition coefficient (Wildman–Crippen LogP) is 27.4. The van der Waals surface area contributed by atoms with E-state index in [0.717, 1.165) is 118 Å². The molecule has 16 aliphatic carbocycles. The van der Waals surface area contributed by atoms with E-state index in [4.69, 9.17) is 33.2 Å². The molecule has 14 nitrogen and oxygen atoms in total. The maximum atomic E-state index is 12.0. The number of rotatable bonds is 19. The van der Waals surface area contributed by atoms with Crippen molar-refractivity contribution in [3.8, 4) is 0 Å². The Morgan fingerprint density at radius 2 is 0.530 bits per heavy atom. The molecule has 0 spiro atoms. The summed E-state index contributed by atoms with van der Waals surface area (Å²) in [5, 5.41) is 0. The second-order valence-electron chi connectivity index (χ2n) is 38.3. The summed E-state index contributed by atoms with van der Waals surface area (Å²) in [7, 11) is 0. The lowest BCUT2D eigenvalue weighted by molar-refractivity contribution is -0.207. The van der Waals surface area contributed by atoms with Crippen molar-refractivity contribution in [3.05, 3.63) is 85.1 Å². The zero-order valence-electron chi connectivity index (χ0n) is 71.3. The van der Waals surface area contributed by atoms with Crippen molar-refractivity contribution >= 4 is 41.8 Å². The van der Waals surface area contributed by atoms with Crippen molar-refractivity contribution in [1.29, 1.82) is 0 Å². The van der Waals surface area contributed by atoms with Crippen molar-refractivity contribution < 1.29 is 66.7 Å². The molecule has 0 radical (unpaired) electrons. The van der Waals surface area contributed by atoms with Gasteiger partial charge in [0, 0.05) is 44.4 Å². The number of esters is 7. The van der Waals surface area contributed by atoms with Gasteiger partial charge in [-0.05, 0) is 372 Å². The number of carbonyl (C=O) groups is 7. The van der Waals surface area contributed by atoms with Crippen molar-refractivity contribution in [2.75, 3.05) is 0 Å². The Bertz CT molecular complexity index is 3140. The summed E-state index contributed by atoms with van der Waals surface area (Å²) < 4.78 is 39.7. The lowest BCUT2D eigenvalue weighted by atomic mass is 9.46. The maximum Gasteiger partial charge on any atom is 0.333 e. The van der Waals surface area contributed by atoms with E-state index in [1.54, 1.807) is 48.5 Å². The minimum absolute atomic E-state index is 0. The van der Waals surface area contributed by atoms with Crippen LogP contribution in [0.3, 0.4) is 0 Å². The Labute approximate surface area is 704 Å². The summed E-state index contributed by atoms with van der Waals surface area (Å²) in [6.45, 7) is 54.5. The number of hydrogen-bond donors (Lipinski definition) is 0. The van der Waals surface area contributed by atoms with Crippen LogP contribution in [0.4, 0.5) is 0 Å². The minimum Gasteiger partial charge on any atom is -0.456 e. The van der Waals surface area contributed by atoms with E-state index in [1.165, 1.54) is 180 Å². The summed E-state index contributed by atoms with van der Waals surface area (Å²) in [6, 6.07) is 0. The molecule has 0 heterocycles. The van der Waals surface area contributed by atoms with Crippen LogP contribution in [0, 0.1) is 70.5 Å². The molecule has 662 valence electrons. The lowest BCUT2D eigenvalue weighted by Gasteiger charge is -2.61. The summed E-state index contributed by atoms with van der Waals surface area (Å²) in [5.74, 6) is 7.20. The molecule has 0 aromatic heterocycles. The van der Waals surface area contributed by atoms with Gasteiger partial charge in [-0.15, -0.1) is 0 Å². The first-order valence-corrected chi connectivity index (χ1v) is 43.4. The fraction of sp³-hybridized carbons (Fsp3) is 0.792. The molecule has 0 aliphatic heterocycles. The average molecular weight is 1610 g/mol. The standard InChI is InChI=1S/C17H26O2.C16H24O2.C15H22O2.C14H24O2.C12H20O2.C11H18O2.C10H16O2.6CH4/c1-11(2)15(18)19-16(3,4)17-8-12-5-13(9-17)7-14(6-12)10-17;1-4-16(18-15(17)10(2)3)13-6-11-5-12(8-13)9-14(16)7-11;1-9(2)14(16)17-15(3)12-5-10-4-11(7-12)8-13(15)6-10;1-4-14(16-13(15)12(2)3)10-8-6-5-7-9-11-14;1-4-12(8-6-5-7-9-12)14-11(13)10(2)3;1-4-11(7-5-6-8-11)13-10(12)9(2)3;1-8(2)9(11)12-10(3)6-4-5-7-10;;;;;;/h12-14H,1,5-10H2,2-4H3;11-14H,2,4-9H2,1,3H3;10-13H,1,4-8H2,2-3H3;2,4-11H2,1,3H3;2,4-9H2,1,3H3;2,4-8H2,1,3H3;1,4-7H2,2-3H3;6*1H4. The van der Waals surface area contributed by atoms with Gasteiger partial charge in [0.15, 0.2) is 0 Å². The lowest BCUT2D eigenvalue weighted by Crippen LogP contribution is -2.59. The molecule has 0 aromatic carbocycles. The fourth-order valence-corrected chi connectivity index (χ4v) is 22.6. The van der Waals surface area contributed by atoms with Crippen molar-refractivity contribution in [3.63, 3.8) is 0 Å². The normalized spacial score (nSPS) is 30.3. The third-order valence-corrected chi connectivity index (χ3v) is 28.9. The van der Waals surface area contributed by atoms with Gasteiger partial charge in [-0.3, -0.25) is 0 Å². The highest BCUT2D eigenvalue weighted by Crippen LogP contribution is 2.65. The van der Waals surface area contributed by atoms with Gasteiger partial charge >= 0.3 is 41.8 Å². The van der Waals surface area contributed by atoms with Crippen LogP contribution >= 0.6 is 0 Å². The number of carbonyl (C=O) groups excluding carboxylic acids is 7. The van der Waals surface area contributed by atoms with E-state index in [1.807, 2.05) is 6.92 Å². The van der Waals surface area contributed by atoms with Crippen LogP contribution in [0.25, 0.3) is 0 Å². The molecular formula is C101H174O14. The molecular weight excluding hydrogens is 1440 g/mol. The molecule has 0 saturated heterocycles. The second-order valence-corrected chi connectivity index (χ2v) is 38.3. The molecule has 16 aliphatic rings. The molecule has 0 amide bonds. The van der Waals surface area contributed by atoms with Gasteiger partial charge < -0.3 is 33.2 Å². The van der Waals surface area contributed by atoms with E-state index < -0.39 is 0 Å². The first kappa shape index (κ1) is 107. The number of hydrogen-bond acceptors (Lipinski definition) is 14. The van der Waals surface area contributed by atoms with Crippen LogP contribution < -0.4 is 0 Å². The Kier molecular flexibility index (Phi) is 43.3. The van der Waals surface area contributed by atoms with E-state index in [-0.39, 0.29) is 131 Å². The molecule has 12 bridgehead atoms. The highest BCUT2D eigenvalue weighted by Gasteiger charge is 2.61. The molecule has 16 rings (SSSR count). The molecule has 0 atom stereocenters. The zero-order valence-corrected chi connectivity index (χ0v) is 71.3.